The number of amides is 6. The maximum atomic E-state index is 12.6. The molecule has 2 aliphatic heterocycles. The maximum absolute atomic E-state index is 12.6. The molecular weight excluding hydrogens is 452 g/mol. The highest BCUT2D eigenvalue weighted by atomic mass is 16.4. The highest BCUT2D eigenvalue weighted by molar-refractivity contribution is 6.14. The van der Waals surface area contributed by atoms with Crippen LogP contribution < -0.4 is 5.32 Å². The number of imide groups is 2. The minimum absolute atomic E-state index is 0.368. The average molecular weight is 474 g/mol. The summed E-state index contributed by atoms with van der Waals surface area (Å²) in [7, 11) is 1.30. The molecule has 0 bridgehead atoms. The van der Waals surface area contributed by atoms with Crippen molar-refractivity contribution in [2.75, 3.05) is 26.7 Å². The minimum Gasteiger partial charge on any atom is -0.481 e. The molecule has 0 aromatic rings. The summed E-state index contributed by atoms with van der Waals surface area (Å²) in [5, 5.41) is 11.4. The van der Waals surface area contributed by atoms with E-state index in [0.29, 0.717) is 6.29 Å². The molecule has 0 saturated carbocycles. The number of hydrogen-bond donors (Lipinski definition) is 2. The topological polar surface area (TPSA) is 179 Å². The summed E-state index contributed by atoms with van der Waals surface area (Å²) in [6.07, 6.45) is 5.19. The molecule has 0 spiro atoms. The number of rotatable bonds is 12. The molecule has 34 heavy (non-hydrogen) atoms. The van der Waals surface area contributed by atoms with Crippen LogP contribution in [0.5, 0.6) is 0 Å². The predicted molar refractivity (Wildman–Crippen MR) is 112 cm³/mol. The van der Waals surface area contributed by atoms with Crippen molar-refractivity contribution in [3.05, 3.63) is 36.5 Å². The lowest BCUT2D eigenvalue weighted by molar-refractivity contribution is -0.142. The molecule has 2 aliphatic rings. The van der Waals surface area contributed by atoms with Gasteiger partial charge in [0.1, 0.15) is 6.29 Å². The van der Waals surface area contributed by atoms with E-state index in [2.05, 4.69) is 5.32 Å². The zero-order valence-electron chi connectivity index (χ0n) is 18.1. The molecule has 13 nitrogen and oxygen atoms in total. The van der Waals surface area contributed by atoms with E-state index in [-0.39, 0.29) is 0 Å². The first-order valence-corrected chi connectivity index (χ1v) is 9.95. The van der Waals surface area contributed by atoms with E-state index in [1.54, 1.807) is 0 Å². The van der Waals surface area contributed by atoms with Gasteiger partial charge in [-0.05, 0) is 6.08 Å². The second kappa shape index (κ2) is 10.9. The van der Waals surface area contributed by atoms with Gasteiger partial charge < -0.3 is 15.3 Å². The molecule has 0 fully saturated rings. The Hall–Kier alpha value is -4.42. The zero-order valence-corrected chi connectivity index (χ0v) is 18.1. The quantitative estimate of drug-likeness (QED) is 0.180. The zero-order chi connectivity index (χ0) is 25.5. The van der Waals surface area contributed by atoms with Crippen molar-refractivity contribution >= 4 is 47.7 Å². The van der Waals surface area contributed by atoms with E-state index < -0.39 is 79.4 Å². The Morgan fingerprint density at radius 3 is 1.82 bits per heavy atom. The first kappa shape index (κ1) is 25.8. The largest absolute Gasteiger partial charge is 0.481 e. The fourth-order valence-electron chi connectivity index (χ4n) is 3.41. The normalized spacial score (nSPS) is 15.6. The number of nitrogens with one attached hydrogen (secondary N) is 1. The lowest BCUT2D eigenvalue weighted by Crippen LogP contribution is -2.67. The Labute approximate surface area is 193 Å². The first-order valence-electron chi connectivity index (χ1n) is 9.95. The SMILES string of the molecule is CN(CC(CN1C(=O)C=CC1=O)(CN1C(=O)C=CC1=O)NC(=O)CCC(=O)O)C(=O)/C=C\C=O. The van der Waals surface area contributed by atoms with Crippen LogP contribution in [-0.4, -0.2) is 99.7 Å². The molecule has 2 rings (SSSR count). The van der Waals surface area contributed by atoms with Gasteiger partial charge in [-0.15, -0.1) is 0 Å². The molecule has 0 atom stereocenters. The molecule has 0 radical (unpaired) electrons. The summed E-state index contributed by atoms with van der Waals surface area (Å²) in [4.78, 5) is 97.9. The summed E-state index contributed by atoms with van der Waals surface area (Å²) in [5.74, 6) is -5.64. The van der Waals surface area contributed by atoms with Gasteiger partial charge in [0.05, 0.1) is 25.0 Å². The average Bonchev–Trinajstić information content (AvgIpc) is 3.26. The Kier molecular flexibility index (Phi) is 8.31. The maximum Gasteiger partial charge on any atom is 0.303 e. The van der Waals surface area contributed by atoms with Crippen molar-refractivity contribution in [2.45, 2.75) is 18.4 Å². The molecule has 0 aliphatic carbocycles. The molecule has 0 aromatic carbocycles. The first-order chi connectivity index (χ1) is 16.0. The molecule has 2 N–H and O–H groups in total. The lowest BCUT2D eigenvalue weighted by Gasteiger charge is -2.41. The van der Waals surface area contributed by atoms with Crippen LogP contribution in [0.3, 0.4) is 0 Å². The Balaban J connectivity index is 2.46. The van der Waals surface area contributed by atoms with Gasteiger partial charge in [0.2, 0.25) is 11.8 Å². The summed E-state index contributed by atoms with van der Waals surface area (Å²) >= 11 is 0. The number of carbonyl (C=O) groups is 8. The Bertz CT molecular complexity index is 947. The third kappa shape index (κ3) is 6.54. The highest BCUT2D eigenvalue weighted by Gasteiger charge is 2.43. The number of aldehydes is 1. The van der Waals surface area contributed by atoms with Gasteiger partial charge in [-0.1, -0.05) is 0 Å². The van der Waals surface area contributed by atoms with Crippen molar-refractivity contribution in [1.29, 1.82) is 0 Å². The van der Waals surface area contributed by atoms with Crippen LogP contribution in [-0.2, 0) is 38.4 Å². The van der Waals surface area contributed by atoms with Crippen molar-refractivity contribution in [3.8, 4) is 0 Å². The molecule has 0 unspecified atom stereocenters. The van der Waals surface area contributed by atoms with Crippen molar-refractivity contribution in [1.82, 2.24) is 20.0 Å². The molecule has 13 heteroatoms. The van der Waals surface area contributed by atoms with E-state index >= 15 is 0 Å². The Morgan fingerprint density at radius 1 is 0.941 bits per heavy atom. The number of hydrogen-bond acceptors (Lipinski definition) is 8. The van der Waals surface area contributed by atoms with E-state index in [4.69, 9.17) is 5.11 Å². The van der Waals surface area contributed by atoms with Crippen molar-refractivity contribution in [2.24, 2.45) is 0 Å². The van der Waals surface area contributed by atoms with E-state index in [0.717, 1.165) is 51.2 Å². The summed E-state index contributed by atoms with van der Waals surface area (Å²) in [6.45, 7) is -1.49. The molecule has 0 saturated heterocycles. The number of likely N-dealkylation sites (N-methyl/N-ethyl adjacent to an activating group) is 1. The van der Waals surface area contributed by atoms with Crippen LogP contribution in [0.15, 0.2) is 36.5 Å². The smallest absolute Gasteiger partial charge is 0.303 e. The summed E-state index contributed by atoms with van der Waals surface area (Å²) < 4.78 is 0. The monoisotopic (exact) mass is 474 g/mol. The van der Waals surface area contributed by atoms with Crippen LogP contribution in [0, 0.1) is 0 Å². The second-order valence-corrected chi connectivity index (χ2v) is 7.60. The van der Waals surface area contributed by atoms with E-state index in [1.807, 2.05) is 0 Å². The number of carboxylic acids is 1. The van der Waals surface area contributed by atoms with Gasteiger partial charge >= 0.3 is 5.97 Å². The summed E-state index contributed by atoms with van der Waals surface area (Å²) in [6, 6.07) is 0. The van der Waals surface area contributed by atoms with Crippen LogP contribution in [0.2, 0.25) is 0 Å². The van der Waals surface area contributed by atoms with Gasteiger partial charge in [-0.25, -0.2) is 0 Å². The number of nitrogens with zero attached hydrogens (tertiary/aromatic N) is 3. The van der Waals surface area contributed by atoms with Crippen LogP contribution >= 0.6 is 0 Å². The number of aliphatic carboxylic acids is 1. The predicted octanol–water partition coefficient (Wildman–Crippen LogP) is -2.23. The van der Waals surface area contributed by atoms with Crippen molar-refractivity contribution < 1.29 is 43.5 Å². The van der Waals surface area contributed by atoms with Gasteiger partial charge in [0.25, 0.3) is 23.6 Å². The number of carboxylic acid groups (broad SMARTS) is 1. The molecule has 2 heterocycles. The highest BCUT2D eigenvalue weighted by Crippen LogP contribution is 2.19. The van der Waals surface area contributed by atoms with E-state index in [1.165, 1.54) is 7.05 Å². The molecular formula is C21H22N4O9. The summed E-state index contributed by atoms with van der Waals surface area (Å²) in [5.41, 5.74) is -1.76. The second-order valence-electron chi connectivity index (χ2n) is 7.60. The molecule has 180 valence electrons. The number of carbonyl (C=O) groups excluding carboxylic acids is 7. The van der Waals surface area contributed by atoms with E-state index in [9.17, 15) is 38.4 Å². The van der Waals surface area contributed by atoms with Gasteiger partial charge in [0.15, 0.2) is 0 Å². The van der Waals surface area contributed by atoms with Crippen molar-refractivity contribution in [3.63, 3.8) is 0 Å². The number of allylic oxidation sites excluding steroid dienone is 1. The third-order valence-electron chi connectivity index (χ3n) is 4.93. The van der Waals surface area contributed by atoms with Crippen LogP contribution in [0.25, 0.3) is 0 Å². The van der Waals surface area contributed by atoms with Gasteiger partial charge in [-0.2, -0.15) is 0 Å². The van der Waals surface area contributed by atoms with Crippen LogP contribution in [0.4, 0.5) is 0 Å². The Morgan fingerprint density at radius 2 is 1.41 bits per heavy atom. The minimum atomic E-state index is -1.76. The van der Waals surface area contributed by atoms with Crippen LogP contribution in [0.1, 0.15) is 12.8 Å². The fraction of sp³-hybridized carbons (Fsp3) is 0.333. The molecule has 6 amide bonds. The third-order valence-corrected chi connectivity index (χ3v) is 4.93. The molecule has 0 aromatic heterocycles. The van der Waals surface area contributed by atoms with Gasteiger partial charge in [-0.3, -0.25) is 48.2 Å². The fourth-order valence-corrected chi connectivity index (χ4v) is 3.41. The standard InChI is InChI=1S/C21H22N4O9/c1-23(15(28)3-2-10-26)11-21(22-14(27)4-9-20(33)34,12-24-16(29)5-6-17(24)30)13-25-18(31)7-8-19(25)32/h2-3,5-8,10H,4,9,11-13H2,1H3,(H,22,27)(H,33,34)/b3-2-. The lowest BCUT2D eigenvalue weighted by atomic mass is 9.95. The van der Waals surface area contributed by atoms with Gasteiger partial charge in [0, 0.05) is 50.4 Å².